The highest BCUT2D eigenvalue weighted by Gasteiger charge is 1.94. The smallest absolute Gasteiger partial charge is 0.0855 e. The molecule has 0 spiro atoms. The van der Waals surface area contributed by atoms with Gasteiger partial charge in [0.1, 0.15) is 0 Å². The van der Waals surface area contributed by atoms with E-state index >= 15 is 0 Å². The number of aromatic nitrogens is 2. The summed E-state index contributed by atoms with van der Waals surface area (Å²) in [5, 5.41) is 4.23. The van der Waals surface area contributed by atoms with Gasteiger partial charge in [0, 0.05) is 6.20 Å². The fourth-order valence-electron chi connectivity index (χ4n) is 1.06. The first-order valence-electron chi connectivity index (χ1n) is 3.47. The van der Waals surface area contributed by atoms with Crippen molar-refractivity contribution in [2.45, 2.75) is 0 Å². The van der Waals surface area contributed by atoms with E-state index in [1.165, 1.54) is 0 Å². The highest BCUT2D eigenvalue weighted by molar-refractivity contribution is 5.54. The fourth-order valence-corrected chi connectivity index (χ4v) is 1.06. The monoisotopic (exact) mass is 144 g/mol. The lowest BCUT2D eigenvalue weighted by molar-refractivity contribution is 0.954. The Hall–Kier alpha value is -1.57. The van der Waals surface area contributed by atoms with E-state index in [1.54, 1.807) is 6.08 Å². The molecule has 0 fully saturated rings. The molecule has 2 rings (SSSR count). The summed E-state index contributed by atoms with van der Waals surface area (Å²) < 4.78 is 1.83. The van der Waals surface area contributed by atoms with E-state index < -0.39 is 0 Å². The quantitative estimate of drug-likeness (QED) is 0.598. The predicted octanol–water partition coefficient (Wildman–Crippen LogP) is 1.98. The Morgan fingerprint density at radius 3 is 3.09 bits per heavy atom. The molecule has 0 aliphatic rings. The normalized spacial score (nSPS) is 10.2. The van der Waals surface area contributed by atoms with Gasteiger partial charge in [0.25, 0.3) is 0 Å². The summed E-state index contributed by atoms with van der Waals surface area (Å²) in [6.07, 6.45) is 3.66. The van der Waals surface area contributed by atoms with Crippen molar-refractivity contribution in [3.8, 4) is 0 Å². The zero-order valence-electron chi connectivity index (χ0n) is 6.07. The summed E-state index contributed by atoms with van der Waals surface area (Å²) in [5.74, 6) is 0. The summed E-state index contributed by atoms with van der Waals surface area (Å²) in [4.78, 5) is 0. The van der Waals surface area contributed by atoms with Gasteiger partial charge < -0.3 is 0 Å². The van der Waals surface area contributed by atoms with Gasteiger partial charge in [0.15, 0.2) is 0 Å². The largest absolute Gasteiger partial charge is 0.240 e. The average molecular weight is 144 g/mol. The van der Waals surface area contributed by atoms with Gasteiger partial charge in [-0.05, 0) is 24.3 Å². The van der Waals surface area contributed by atoms with Gasteiger partial charge in [-0.25, -0.2) is 4.52 Å². The first-order chi connectivity index (χ1) is 5.40. The van der Waals surface area contributed by atoms with Crippen LogP contribution in [0, 0.1) is 0 Å². The molecule has 11 heavy (non-hydrogen) atoms. The molecule has 54 valence electrons. The zero-order chi connectivity index (χ0) is 7.68. The highest BCUT2D eigenvalue weighted by atomic mass is 15.2. The van der Waals surface area contributed by atoms with E-state index in [9.17, 15) is 0 Å². The van der Waals surface area contributed by atoms with Crippen LogP contribution in [0.15, 0.2) is 37.0 Å². The first kappa shape index (κ1) is 6.16. The van der Waals surface area contributed by atoms with Crippen molar-refractivity contribution in [2.24, 2.45) is 0 Å². The van der Waals surface area contributed by atoms with Gasteiger partial charge in [-0.2, -0.15) is 5.10 Å². The number of hydrogen-bond donors (Lipinski definition) is 0. The lowest BCUT2D eigenvalue weighted by Crippen LogP contribution is -1.83. The summed E-state index contributed by atoms with van der Waals surface area (Å²) in [7, 11) is 0. The minimum Gasteiger partial charge on any atom is -0.240 e. The van der Waals surface area contributed by atoms with Gasteiger partial charge in [-0.1, -0.05) is 12.6 Å². The lowest BCUT2D eigenvalue weighted by Gasteiger charge is -1.86. The van der Waals surface area contributed by atoms with Crippen molar-refractivity contribution in [1.29, 1.82) is 0 Å². The Morgan fingerprint density at radius 1 is 1.45 bits per heavy atom. The maximum absolute atomic E-state index is 4.23. The minimum absolute atomic E-state index is 0.913. The van der Waals surface area contributed by atoms with Crippen molar-refractivity contribution in [3.63, 3.8) is 0 Å². The Kier molecular flexibility index (Phi) is 1.25. The van der Waals surface area contributed by atoms with Crippen LogP contribution in [-0.4, -0.2) is 9.61 Å². The van der Waals surface area contributed by atoms with Crippen LogP contribution in [0.3, 0.4) is 0 Å². The third-order valence-electron chi connectivity index (χ3n) is 1.60. The maximum Gasteiger partial charge on any atom is 0.0855 e. The molecule has 2 nitrogen and oxygen atoms in total. The van der Waals surface area contributed by atoms with Crippen LogP contribution in [0.1, 0.15) is 5.69 Å². The topological polar surface area (TPSA) is 17.3 Å². The van der Waals surface area contributed by atoms with Crippen molar-refractivity contribution in [1.82, 2.24) is 9.61 Å². The molecule has 0 N–H and O–H groups in total. The van der Waals surface area contributed by atoms with Crippen LogP contribution in [0.2, 0.25) is 0 Å². The number of hydrogen-bond acceptors (Lipinski definition) is 1. The minimum atomic E-state index is 0.913. The van der Waals surface area contributed by atoms with Crippen molar-refractivity contribution < 1.29 is 0 Å². The molecule has 0 bridgehead atoms. The van der Waals surface area contributed by atoms with Gasteiger partial charge in [-0.3, -0.25) is 0 Å². The molecule has 0 saturated heterocycles. The van der Waals surface area contributed by atoms with Crippen LogP contribution in [0.5, 0.6) is 0 Å². The van der Waals surface area contributed by atoms with Crippen LogP contribution in [-0.2, 0) is 0 Å². The molecule has 0 unspecified atom stereocenters. The second-order valence-corrected chi connectivity index (χ2v) is 2.34. The number of nitrogens with zero attached hydrogens (tertiary/aromatic N) is 2. The molecule has 2 heteroatoms. The highest BCUT2D eigenvalue weighted by Crippen LogP contribution is 2.05. The van der Waals surface area contributed by atoms with Gasteiger partial charge in [0.05, 0.1) is 11.2 Å². The Balaban J connectivity index is 2.78. The Morgan fingerprint density at radius 2 is 2.36 bits per heavy atom. The first-order valence-corrected chi connectivity index (χ1v) is 3.47. The zero-order valence-corrected chi connectivity index (χ0v) is 6.07. The third kappa shape index (κ3) is 0.923. The molecule has 0 atom stereocenters. The van der Waals surface area contributed by atoms with E-state index in [1.807, 2.05) is 35.0 Å². The molecular formula is C9H8N2. The molecule has 2 heterocycles. The molecule has 2 aromatic rings. The third-order valence-corrected chi connectivity index (χ3v) is 1.60. The van der Waals surface area contributed by atoms with E-state index in [-0.39, 0.29) is 0 Å². The van der Waals surface area contributed by atoms with Crippen LogP contribution in [0.4, 0.5) is 0 Å². The Bertz CT molecular complexity index is 354. The van der Waals surface area contributed by atoms with E-state index in [0.29, 0.717) is 0 Å². The SMILES string of the molecule is C=Cc1cc2ccccn2n1. The maximum atomic E-state index is 4.23. The number of pyridine rings is 1. The number of rotatable bonds is 1. The molecular weight excluding hydrogens is 136 g/mol. The molecule has 0 aliphatic heterocycles. The van der Waals surface area contributed by atoms with Gasteiger partial charge in [-0.15, -0.1) is 0 Å². The summed E-state index contributed by atoms with van der Waals surface area (Å²) in [5.41, 5.74) is 2.01. The summed E-state index contributed by atoms with van der Waals surface area (Å²) in [6.45, 7) is 3.65. The van der Waals surface area contributed by atoms with Crippen LogP contribution in [0.25, 0.3) is 11.6 Å². The van der Waals surface area contributed by atoms with Crippen molar-refractivity contribution in [3.05, 3.63) is 42.7 Å². The summed E-state index contributed by atoms with van der Waals surface area (Å²) >= 11 is 0. The fraction of sp³-hybridized carbons (Fsp3) is 0. The lowest BCUT2D eigenvalue weighted by atomic mass is 10.3. The molecule has 0 amide bonds. The summed E-state index contributed by atoms with van der Waals surface area (Å²) in [6, 6.07) is 7.95. The van der Waals surface area contributed by atoms with E-state index in [4.69, 9.17) is 0 Å². The van der Waals surface area contributed by atoms with E-state index in [2.05, 4.69) is 11.7 Å². The van der Waals surface area contributed by atoms with Crippen LogP contribution >= 0.6 is 0 Å². The van der Waals surface area contributed by atoms with E-state index in [0.717, 1.165) is 11.2 Å². The molecule has 0 radical (unpaired) electrons. The van der Waals surface area contributed by atoms with Crippen molar-refractivity contribution in [2.75, 3.05) is 0 Å². The second kappa shape index (κ2) is 2.23. The molecule has 0 aromatic carbocycles. The predicted molar refractivity (Wildman–Crippen MR) is 45.3 cm³/mol. The molecule has 2 aromatic heterocycles. The number of fused-ring (bicyclic) bond motifs is 1. The van der Waals surface area contributed by atoms with Crippen molar-refractivity contribution >= 4 is 11.6 Å². The van der Waals surface area contributed by atoms with Crippen LogP contribution < -0.4 is 0 Å². The molecule has 0 aliphatic carbocycles. The average Bonchev–Trinajstić information content (AvgIpc) is 2.46. The standard InChI is InChI=1S/C9H8N2/c1-2-8-7-9-5-3-4-6-11(9)10-8/h2-7H,1H2. The Labute approximate surface area is 64.8 Å². The second-order valence-electron chi connectivity index (χ2n) is 2.34. The van der Waals surface area contributed by atoms with Gasteiger partial charge in [0.2, 0.25) is 0 Å². The van der Waals surface area contributed by atoms with Gasteiger partial charge >= 0.3 is 0 Å². The molecule has 0 saturated carbocycles.